The second kappa shape index (κ2) is 5.65. The van der Waals surface area contributed by atoms with Crippen molar-refractivity contribution in [2.45, 2.75) is 0 Å². The van der Waals surface area contributed by atoms with Crippen molar-refractivity contribution in [2.75, 3.05) is 18.6 Å². The van der Waals surface area contributed by atoms with Crippen LogP contribution in [0.4, 0.5) is 0 Å². The third-order valence-corrected chi connectivity index (χ3v) is 1.81. The van der Waals surface area contributed by atoms with E-state index in [0.717, 1.165) is 0 Å². The minimum absolute atomic E-state index is 0.291. The molecule has 3 heteroatoms. The number of esters is 1. The zero-order chi connectivity index (χ0) is 9.52. The fourth-order valence-corrected chi connectivity index (χ4v) is 0.692. The number of carbonyl (C=O) groups excluding carboxylic acids is 1. The molecular weight excluding hydrogens is 184 g/mol. The molecule has 0 radical (unpaired) electrons. The predicted molar refractivity (Wildman–Crippen MR) is 55.1 cm³/mol. The summed E-state index contributed by atoms with van der Waals surface area (Å²) in [7, 11) is 1.37. The lowest BCUT2D eigenvalue weighted by Gasteiger charge is -1.95. The molecule has 0 spiro atoms. The molecule has 1 saturated heterocycles. The Morgan fingerprint density at radius 3 is 2.23 bits per heavy atom. The molecule has 70 valence electrons. The van der Waals surface area contributed by atoms with Crippen molar-refractivity contribution in [3.8, 4) is 0 Å². The first-order chi connectivity index (χ1) is 6.34. The first kappa shape index (κ1) is 10.1. The summed E-state index contributed by atoms with van der Waals surface area (Å²) in [4.78, 5) is 10.8. The molecule has 1 aromatic rings. The van der Waals surface area contributed by atoms with Gasteiger partial charge in [0.05, 0.1) is 12.7 Å². The van der Waals surface area contributed by atoms with Gasteiger partial charge in [-0.2, -0.15) is 11.8 Å². The Balaban J connectivity index is 0.000000236. The zero-order valence-corrected chi connectivity index (χ0v) is 8.34. The monoisotopic (exact) mass is 196 g/mol. The summed E-state index contributed by atoms with van der Waals surface area (Å²) in [6, 6.07) is 8.88. The van der Waals surface area contributed by atoms with Crippen LogP contribution in [-0.4, -0.2) is 24.6 Å². The largest absolute Gasteiger partial charge is 0.465 e. The summed E-state index contributed by atoms with van der Waals surface area (Å²) in [5.41, 5.74) is 0.588. The van der Waals surface area contributed by atoms with E-state index in [2.05, 4.69) is 4.74 Å². The van der Waals surface area contributed by atoms with Gasteiger partial charge in [-0.1, -0.05) is 18.2 Å². The average Bonchev–Trinajstić information content (AvgIpc) is 3.05. The smallest absolute Gasteiger partial charge is 0.337 e. The van der Waals surface area contributed by atoms with Gasteiger partial charge < -0.3 is 4.74 Å². The molecule has 0 saturated carbocycles. The molecule has 0 atom stereocenters. The van der Waals surface area contributed by atoms with E-state index in [-0.39, 0.29) is 5.97 Å². The van der Waals surface area contributed by atoms with Gasteiger partial charge in [-0.15, -0.1) is 0 Å². The topological polar surface area (TPSA) is 26.3 Å². The average molecular weight is 196 g/mol. The Hall–Kier alpha value is -0.960. The van der Waals surface area contributed by atoms with Crippen LogP contribution in [0.5, 0.6) is 0 Å². The molecule has 0 bridgehead atoms. The molecule has 2 rings (SSSR count). The number of ether oxygens (including phenoxy) is 1. The highest BCUT2D eigenvalue weighted by Gasteiger charge is 2.00. The molecule has 1 fully saturated rings. The van der Waals surface area contributed by atoms with Gasteiger partial charge in [-0.3, -0.25) is 0 Å². The molecular formula is C10H12O2S. The van der Waals surface area contributed by atoms with Crippen molar-refractivity contribution >= 4 is 17.7 Å². The van der Waals surface area contributed by atoms with Gasteiger partial charge in [-0.25, -0.2) is 4.79 Å². The van der Waals surface area contributed by atoms with E-state index in [4.69, 9.17) is 0 Å². The maximum atomic E-state index is 10.8. The highest BCUT2D eigenvalue weighted by atomic mass is 32.2. The molecule has 1 aromatic carbocycles. The highest BCUT2D eigenvalue weighted by molar-refractivity contribution is 8.06. The van der Waals surface area contributed by atoms with Crippen LogP contribution >= 0.6 is 11.8 Å². The lowest BCUT2D eigenvalue weighted by Crippen LogP contribution is -1.99. The van der Waals surface area contributed by atoms with Gasteiger partial charge >= 0.3 is 5.97 Å². The molecule has 1 aliphatic rings. The molecule has 0 aromatic heterocycles. The van der Waals surface area contributed by atoms with E-state index >= 15 is 0 Å². The summed E-state index contributed by atoms with van der Waals surface area (Å²) in [6.07, 6.45) is 0. The first-order valence-electron chi connectivity index (χ1n) is 4.05. The van der Waals surface area contributed by atoms with Gasteiger partial charge in [-0.05, 0) is 12.1 Å². The zero-order valence-electron chi connectivity index (χ0n) is 7.53. The Kier molecular flexibility index (Phi) is 4.40. The number of methoxy groups -OCH3 is 1. The fourth-order valence-electron chi connectivity index (χ4n) is 0.692. The maximum absolute atomic E-state index is 10.8. The third kappa shape index (κ3) is 4.58. The Bertz CT molecular complexity index is 254. The quantitative estimate of drug-likeness (QED) is 0.509. The van der Waals surface area contributed by atoms with Crippen LogP contribution in [-0.2, 0) is 4.74 Å². The van der Waals surface area contributed by atoms with Crippen LogP contribution in [0.1, 0.15) is 10.4 Å². The van der Waals surface area contributed by atoms with E-state index in [1.807, 2.05) is 17.8 Å². The number of hydrogen-bond acceptors (Lipinski definition) is 3. The van der Waals surface area contributed by atoms with Crippen LogP contribution in [0, 0.1) is 0 Å². The number of benzene rings is 1. The summed E-state index contributed by atoms with van der Waals surface area (Å²) < 4.78 is 4.50. The van der Waals surface area contributed by atoms with Crippen molar-refractivity contribution in [2.24, 2.45) is 0 Å². The van der Waals surface area contributed by atoms with Crippen LogP contribution in [0.2, 0.25) is 0 Å². The molecule has 1 aliphatic heterocycles. The highest BCUT2D eigenvalue weighted by Crippen LogP contribution is 2.14. The number of thioether (sulfide) groups is 1. The molecule has 1 heterocycles. The number of rotatable bonds is 1. The lowest BCUT2D eigenvalue weighted by molar-refractivity contribution is 0.0601. The fraction of sp³-hybridized carbons (Fsp3) is 0.300. The van der Waals surface area contributed by atoms with Gasteiger partial charge in [0.1, 0.15) is 0 Å². The second-order valence-electron chi connectivity index (χ2n) is 2.47. The standard InChI is InChI=1S/C8H8O2.C2H4S/c1-10-8(9)7-5-3-2-4-6-7;1-2-3-1/h2-6H,1H3;1-2H2. The number of carbonyl (C=O) groups is 1. The Morgan fingerprint density at radius 2 is 1.85 bits per heavy atom. The van der Waals surface area contributed by atoms with Crippen LogP contribution in [0.3, 0.4) is 0 Å². The summed E-state index contributed by atoms with van der Waals surface area (Å²) in [5.74, 6) is 2.54. The van der Waals surface area contributed by atoms with E-state index in [9.17, 15) is 4.79 Å². The van der Waals surface area contributed by atoms with Crippen molar-refractivity contribution in [3.63, 3.8) is 0 Å². The summed E-state index contributed by atoms with van der Waals surface area (Å²) in [6.45, 7) is 0. The van der Waals surface area contributed by atoms with Crippen LogP contribution in [0.15, 0.2) is 30.3 Å². The van der Waals surface area contributed by atoms with Gasteiger partial charge in [0.2, 0.25) is 0 Å². The first-order valence-corrected chi connectivity index (χ1v) is 5.21. The van der Waals surface area contributed by atoms with E-state index in [0.29, 0.717) is 5.56 Å². The van der Waals surface area contributed by atoms with Crippen molar-refractivity contribution < 1.29 is 9.53 Å². The van der Waals surface area contributed by atoms with E-state index in [1.54, 1.807) is 24.3 Å². The van der Waals surface area contributed by atoms with E-state index in [1.165, 1.54) is 18.6 Å². The molecule has 0 aliphatic carbocycles. The predicted octanol–water partition coefficient (Wildman–Crippen LogP) is 2.21. The van der Waals surface area contributed by atoms with Gasteiger partial charge in [0.25, 0.3) is 0 Å². The minimum atomic E-state index is -0.291. The van der Waals surface area contributed by atoms with Crippen LogP contribution in [0.25, 0.3) is 0 Å². The summed E-state index contributed by atoms with van der Waals surface area (Å²) >= 11 is 2.00. The SMILES string of the molecule is C1CS1.COC(=O)c1ccccc1. The molecule has 13 heavy (non-hydrogen) atoms. The maximum Gasteiger partial charge on any atom is 0.337 e. The van der Waals surface area contributed by atoms with Crippen molar-refractivity contribution in [1.82, 2.24) is 0 Å². The molecule has 0 N–H and O–H groups in total. The lowest BCUT2D eigenvalue weighted by atomic mass is 10.2. The van der Waals surface area contributed by atoms with Gasteiger partial charge in [0, 0.05) is 11.5 Å². The molecule has 0 unspecified atom stereocenters. The molecule has 0 amide bonds. The second-order valence-corrected chi connectivity index (χ2v) is 3.69. The third-order valence-electron chi connectivity index (χ3n) is 1.40. The molecule has 2 nitrogen and oxygen atoms in total. The minimum Gasteiger partial charge on any atom is -0.465 e. The Labute approximate surface area is 82.3 Å². The Morgan fingerprint density at radius 1 is 1.31 bits per heavy atom. The summed E-state index contributed by atoms with van der Waals surface area (Å²) in [5, 5.41) is 0. The van der Waals surface area contributed by atoms with Crippen LogP contribution < -0.4 is 0 Å². The normalized spacial score (nSPS) is 12.4. The number of hydrogen-bond donors (Lipinski definition) is 0. The van der Waals surface area contributed by atoms with Crippen molar-refractivity contribution in [1.29, 1.82) is 0 Å². The van der Waals surface area contributed by atoms with Crippen molar-refractivity contribution in [3.05, 3.63) is 35.9 Å². The van der Waals surface area contributed by atoms with E-state index < -0.39 is 0 Å². The van der Waals surface area contributed by atoms with Gasteiger partial charge in [0.15, 0.2) is 0 Å².